The van der Waals surface area contributed by atoms with E-state index in [0.29, 0.717) is 5.92 Å². The van der Waals surface area contributed by atoms with E-state index in [1.165, 1.54) is 23.1 Å². The Labute approximate surface area is 166 Å². The highest BCUT2D eigenvalue weighted by atomic mass is 16.7. The van der Waals surface area contributed by atoms with Crippen LogP contribution in [-0.2, 0) is 11.3 Å². The predicted octanol–water partition coefficient (Wildman–Crippen LogP) is 7.13. The van der Waals surface area contributed by atoms with Gasteiger partial charge in [0.25, 0.3) is 0 Å². The zero-order valence-electron chi connectivity index (χ0n) is 18.2. The average molecular weight is 368 g/mol. The third kappa shape index (κ3) is 5.92. The molecule has 0 aliphatic heterocycles. The van der Waals surface area contributed by atoms with E-state index in [9.17, 15) is 0 Å². The summed E-state index contributed by atoms with van der Waals surface area (Å²) in [6.07, 6.45) is 2.31. The molecule has 2 nitrogen and oxygen atoms in total. The van der Waals surface area contributed by atoms with Gasteiger partial charge in [-0.05, 0) is 56.7 Å². The minimum absolute atomic E-state index is 0.00450. The highest BCUT2D eigenvalue weighted by molar-refractivity contribution is 5.24. The van der Waals surface area contributed by atoms with Gasteiger partial charge >= 0.3 is 0 Å². The Bertz CT molecular complexity index is 670. The second-order valence-corrected chi connectivity index (χ2v) is 8.84. The van der Waals surface area contributed by atoms with Gasteiger partial charge in [0.1, 0.15) is 6.10 Å². The van der Waals surface area contributed by atoms with Crippen LogP contribution in [0.3, 0.4) is 0 Å². The number of hydroxylamine groups is 2. The molecule has 0 heterocycles. The van der Waals surface area contributed by atoms with Gasteiger partial charge in [-0.3, -0.25) is 4.84 Å². The molecule has 0 fully saturated rings. The topological polar surface area (TPSA) is 12.5 Å². The number of hydrogen-bond donors (Lipinski definition) is 0. The first-order chi connectivity index (χ1) is 12.7. The summed E-state index contributed by atoms with van der Waals surface area (Å²) >= 11 is 0. The van der Waals surface area contributed by atoms with Crippen molar-refractivity contribution in [2.45, 2.75) is 79.0 Å². The van der Waals surface area contributed by atoms with Crippen molar-refractivity contribution in [3.05, 3.63) is 71.3 Å². The van der Waals surface area contributed by atoms with Gasteiger partial charge in [-0.25, -0.2) is 0 Å². The number of benzene rings is 2. The van der Waals surface area contributed by atoms with E-state index in [4.69, 9.17) is 4.84 Å². The number of rotatable bonds is 8. The molecule has 0 amide bonds. The van der Waals surface area contributed by atoms with Crippen molar-refractivity contribution < 1.29 is 4.84 Å². The van der Waals surface area contributed by atoms with Crippen LogP contribution in [-0.4, -0.2) is 10.6 Å². The molecule has 0 aliphatic carbocycles. The average Bonchev–Trinajstić information content (AvgIpc) is 2.62. The van der Waals surface area contributed by atoms with Gasteiger partial charge in [0, 0.05) is 5.54 Å². The van der Waals surface area contributed by atoms with E-state index in [-0.39, 0.29) is 17.7 Å². The summed E-state index contributed by atoms with van der Waals surface area (Å²) in [5.41, 5.74) is 3.80. The van der Waals surface area contributed by atoms with Crippen LogP contribution in [0.4, 0.5) is 0 Å². The monoisotopic (exact) mass is 367 g/mol. The van der Waals surface area contributed by atoms with Crippen molar-refractivity contribution in [1.82, 2.24) is 5.06 Å². The van der Waals surface area contributed by atoms with Crippen LogP contribution in [0.2, 0.25) is 0 Å². The van der Waals surface area contributed by atoms with E-state index in [1.54, 1.807) is 0 Å². The summed E-state index contributed by atoms with van der Waals surface area (Å²) < 4.78 is 0. The second kappa shape index (κ2) is 9.52. The third-order valence-corrected chi connectivity index (χ3v) is 4.95. The van der Waals surface area contributed by atoms with Gasteiger partial charge in [-0.15, -0.1) is 0 Å². The Hall–Kier alpha value is -1.64. The lowest BCUT2D eigenvalue weighted by Gasteiger charge is -2.44. The second-order valence-electron chi connectivity index (χ2n) is 8.84. The van der Waals surface area contributed by atoms with E-state index in [1.807, 2.05) is 0 Å². The largest absolute Gasteiger partial charge is 0.290 e. The number of nitrogens with zero attached hydrogens (tertiary/aromatic N) is 1. The van der Waals surface area contributed by atoms with Gasteiger partial charge in [-0.1, -0.05) is 81.8 Å². The maximum absolute atomic E-state index is 6.61. The quantitative estimate of drug-likeness (QED) is 0.460. The lowest BCUT2D eigenvalue weighted by Crippen LogP contribution is -2.46. The molecule has 2 atom stereocenters. The molecule has 0 saturated carbocycles. The fourth-order valence-electron chi connectivity index (χ4n) is 3.56. The van der Waals surface area contributed by atoms with E-state index in [0.717, 1.165) is 6.42 Å². The lowest BCUT2D eigenvalue weighted by atomic mass is 9.92. The summed E-state index contributed by atoms with van der Waals surface area (Å²) in [7, 11) is 0. The van der Waals surface area contributed by atoms with Crippen molar-refractivity contribution >= 4 is 0 Å². The Morgan fingerprint density at radius 1 is 0.852 bits per heavy atom. The molecule has 2 aromatic rings. The molecule has 2 rings (SSSR count). The van der Waals surface area contributed by atoms with Crippen LogP contribution in [0.1, 0.15) is 83.7 Å². The van der Waals surface area contributed by atoms with Crippen molar-refractivity contribution in [1.29, 1.82) is 0 Å². The van der Waals surface area contributed by atoms with Crippen LogP contribution >= 0.6 is 0 Å². The Morgan fingerprint density at radius 2 is 1.44 bits per heavy atom. The highest BCUT2D eigenvalue weighted by Gasteiger charge is 2.34. The summed E-state index contributed by atoms with van der Waals surface area (Å²) in [5, 5.41) is 2.21. The molecule has 0 saturated heterocycles. The van der Waals surface area contributed by atoms with Crippen molar-refractivity contribution in [2.75, 3.05) is 0 Å². The minimum atomic E-state index is -0.110. The molecular formula is C25H37NO. The smallest absolute Gasteiger partial charge is 0.102 e. The molecule has 148 valence electrons. The maximum atomic E-state index is 6.61. The summed E-state index contributed by atoms with van der Waals surface area (Å²) in [4.78, 5) is 6.61. The Kier molecular flexibility index (Phi) is 7.64. The number of aryl methyl sites for hydroxylation is 1. The van der Waals surface area contributed by atoms with Crippen molar-refractivity contribution in [3.63, 3.8) is 0 Å². The van der Waals surface area contributed by atoms with Crippen molar-refractivity contribution in [2.24, 2.45) is 5.92 Å². The van der Waals surface area contributed by atoms with E-state index in [2.05, 4.69) is 108 Å². The van der Waals surface area contributed by atoms with Gasteiger partial charge in [0.2, 0.25) is 0 Å². The van der Waals surface area contributed by atoms with Gasteiger partial charge < -0.3 is 0 Å². The van der Waals surface area contributed by atoms with Gasteiger partial charge in [0.05, 0.1) is 6.04 Å². The summed E-state index contributed by atoms with van der Waals surface area (Å²) in [6.45, 7) is 15.6. The van der Waals surface area contributed by atoms with Gasteiger partial charge in [-0.2, -0.15) is 5.06 Å². The predicted molar refractivity (Wildman–Crippen MR) is 116 cm³/mol. The van der Waals surface area contributed by atoms with E-state index >= 15 is 0 Å². The summed E-state index contributed by atoms with van der Waals surface area (Å²) in [5.74, 6) is 0.436. The lowest BCUT2D eigenvalue weighted by molar-refractivity contribution is -0.272. The number of hydrogen-bond acceptors (Lipinski definition) is 2. The van der Waals surface area contributed by atoms with Crippen LogP contribution in [0.5, 0.6) is 0 Å². The molecule has 27 heavy (non-hydrogen) atoms. The maximum Gasteiger partial charge on any atom is 0.102 e. The standard InChI is InChI=1S/C25H37NO/c1-8-12-21-15-17-22(18-16-21)20(4)27-26(25(5,6)7)24(19(2)3)23-13-10-9-11-14-23/h9-11,13-20,24H,8,12H2,1-7H3. The minimum Gasteiger partial charge on any atom is -0.290 e. The Morgan fingerprint density at radius 3 is 1.93 bits per heavy atom. The first-order valence-corrected chi connectivity index (χ1v) is 10.3. The summed E-state index contributed by atoms with van der Waals surface area (Å²) in [6, 6.07) is 19.8. The molecule has 0 spiro atoms. The fraction of sp³-hybridized carbons (Fsp3) is 0.520. The highest BCUT2D eigenvalue weighted by Crippen LogP contribution is 2.37. The van der Waals surface area contributed by atoms with Crippen LogP contribution in [0, 0.1) is 5.92 Å². The molecule has 0 aromatic heterocycles. The van der Waals surface area contributed by atoms with Crippen LogP contribution in [0.15, 0.2) is 54.6 Å². The van der Waals surface area contributed by atoms with Crippen LogP contribution < -0.4 is 0 Å². The molecule has 0 radical (unpaired) electrons. The zero-order valence-corrected chi connectivity index (χ0v) is 18.2. The molecule has 2 heteroatoms. The van der Waals surface area contributed by atoms with Gasteiger partial charge in [0.15, 0.2) is 0 Å². The van der Waals surface area contributed by atoms with E-state index < -0.39 is 0 Å². The molecule has 0 aliphatic rings. The molecule has 2 unspecified atom stereocenters. The fourth-order valence-corrected chi connectivity index (χ4v) is 3.56. The third-order valence-electron chi connectivity index (χ3n) is 4.95. The van der Waals surface area contributed by atoms with Crippen molar-refractivity contribution in [3.8, 4) is 0 Å². The Balaban J connectivity index is 2.27. The zero-order chi connectivity index (χ0) is 20.0. The normalized spacial score (nSPS) is 14.6. The molecule has 0 bridgehead atoms. The SMILES string of the molecule is CCCc1ccc(C(C)ON(C(c2ccccc2)C(C)C)C(C)(C)C)cc1. The first-order valence-electron chi connectivity index (χ1n) is 10.3. The van der Waals surface area contributed by atoms with Crippen LogP contribution in [0.25, 0.3) is 0 Å². The first kappa shape index (κ1) is 21.7. The molecular weight excluding hydrogens is 330 g/mol. The molecule has 0 N–H and O–H groups in total. The molecule has 2 aromatic carbocycles.